The molecule has 424 valence electrons. The number of nitrogens with one attached hydrogen (secondary N) is 1. The normalized spacial score (nSPS) is 24.7. The second-order valence-electron chi connectivity index (χ2n) is 23.5. The number of likely N-dealkylation sites (tertiary alicyclic amines) is 2. The van der Waals surface area contributed by atoms with Gasteiger partial charge in [-0.15, -0.1) is 0 Å². The topological polar surface area (TPSA) is 210 Å². The van der Waals surface area contributed by atoms with E-state index in [0.717, 1.165) is 83.1 Å². The third-order valence-electron chi connectivity index (χ3n) is 18.1. The molecule has 12 rings (SSSR count). The van der Waals surface area contributed by atoms with Gasteiger partial charge in [0.05, 0.1) is 41.7 Å². The van der Waals surface area contributed by atoms with Crippen LogP contribution in [0.15, 0.2) is 53.5 Å². The molecule has 0 radical (unpaired) electrons. The lowest BCUT2D eigenvalue weighted by Gasteiger charge is -2.38. The summed E-state index contributed by atoms with van der Waals surface area (Å²) in [6, 6.07) is 11.1. The van der Waals surface area contributed by atoms with Gasteiger partial charge in [0.15, 0.2) is 5.82 Å². The first-order chi connectivity index (χ1) is 38.6. The average molecular weight is 1100 g/mol. The number of ether oxygens (including phenoxy) is 3. The van der Waals surface area contributed by atoms with Crippen molar-refractivity contribution in [1.82, 2.24) is 44.1 Å². The van der Waals surface area contributed by atoms with Crippen molar-refractivity contribution in [2.75, 3.05) is 83.7 Å². The number of anilines is 1. The number of rotatable bonds is 12. The van der Waals surface area contributed by atoms with Crippen LogP contribution in [-0.4, -0.2) is 163 Å². The van der Waals surface area contributed by atoms with Crippen LogP contribution in [0.1, 0.15) is 101 Å². The molecule has 3 N–H and O–H groups in total. The van der Waals surface area contributed by atoms with E-state index in [9.17, 15) is 29.4 Å². The highest BCUT2D eigenvalue weighted by Crippen LogP contribution is 2.44. The van der Waals surface area contributed by atoms with Gasteiger partial charge in [0, 0.05) is 57.4 Å². The Morgan fingerprint density at radius 2 is 1.75 bits per heavy atom. The number of aromatic nitrogens is 5. The molecule has 80 heavy (non-hydrogen) atoms. The van der Waals surface area contributed by atoms with Gasteiger partial charge in [-0.05, 0) is 155 Å². The lowest BCUT2D eigenvalue weighted by atomic mass is 9.88. The number of hydrogen-bond acceptors (Lipinski definition) is 15. The van der Waals surface area contributed by atoms with Crippen LogP contribution >= 0.6 is 0 Å². The molecule has 6 fully saturated rings. The molecule has 21 heteroatoms. The number of aliphatic hydroxyl groups is 1. The van der Waals surface area contributed by atoms with Crippen molar-refractivity contribution in [3.05, 3.63) is 81.9 Å². The van der Waals surface area contributed by atoms with E-state index in [4.69, 9.17) is 24.2 Å². The van der Waals surface area contributed by atoms with Crippen LogP contribution in [-0.2, 0) is 32.5 Å². The van der Waals surface area contributed by atoms with E-state index in [-0.39, 0.29) is 103 Å². The summed E-state index contributed by atoms with van der Waals surface area (Å²) in [5, 5.41) is 25.7. The molecule has 3 aromatic heterocycles. The highest BCUT2D eigenvalue weighted by Gasteiger charge is 2.50. The van der Waals surface area contributed by atoms with Gasteiger partial charge in [-0.2, -0.15) is 9.97 Å². The number of phenols is 1. The quantitative estimate of drug-likeness (QED) is 0.109. The third kappa shape index (κ3) is 10.1. The molecule has 0 spiro atoms. The summed E-state index contributed by atoms with van der Waals surface area (Å²) >= 11 is 0. The van der Waals surface area contributed by atoms with Crippen LogP contribution in [0, 0.1) is 17.6 Å². The number of piperidine rings is 3. The largest absolute Gasteiger partial charge is 0.508 e. The van der Waals surface area contributed by atoms with Gasteiger partial charge < -0.3 is 39.1 Å². The number of aromatic hydroxyl groups is 1. The molecular formula is C59H70F2N10O9. The number of imide groups is 1. The minimum atomic E-state index is -1.24. The molecule has 0 bridgehead atoms. The number of fused-ring (bicyclic) bond motifs is 4. The third-order valence-corrected chi connectivity index (χ3v) is 18.1. The number of benzene rings is 3. The minimum Gasteiger partial charge on any atom is -0.508 e. The Kier molecular flexibility index (Phi) is 14.5. The summed E-state index contributed by atoms with van der Waals surface area (Å²) in [6.07, 6.45) is 9.17. The van der Waals surface area contributed by atoms with Crippen LogP contribution in [0.2, 0.25) is 0 Å². The number of amides is 3. The molecule has 2 unspecified atom stereocenters. The van der Waals surface area contributed by atoms with Gasteiger partial charge >= 0.3 is 17.8 Å². The van der Waals surface area contributed by atoms with Crippen LogP contribution < -0.4 is 20.6 Å². The number of carbonyl (C=O) groups excluding carboxylic acids is 3. The second-order valence-corrected chi connectivity index (χ2v) is 23.5. The SMILES string of the molecule is CCc1c(F)ccc2cc(O)cc(-c3ncc4c(N5CCOCC(C)(O)C5)nc(OC[C@@]56CCCN5[C@H](COC(=O)N5CCC(CN7CCC(c8ccc9c(c8)n(C)c(=O)n9C8CCC(=O)NC8=O)CC7)CC5)CC6)nc4c3F)c12. The van der Waals surface area contributed by atoms with Crippen molar-refractivity contribution in [3.63, 3.8) is 0 Å². The maximum atomic E-state index is 17.3. The fourth-order valence-corrected chi connectivity index (χ4v) is 14.0. The fraction of sp³-hybridized carbons (Fsp3) is 0.542. The first kappa shape index (κ1) is 53.8. The Morgan fingerprint density at radius 3 is 2.54 bits per heavy atom. The first-order valence-electron chi connectivity index (χ1n) is 28.5. The predicted molar refractivity (Wildman–Crippen MR) is 295 cm³/mol. The number of nitrogens with zero attached hydrogens (tertiary/aromatic N) is 9. The number of aryl methyl sites for hydroxylation is 2. The molecule has 19 nitrogen and oxygen atoms in total. The van der Waals surface area contributed by atoms with E-state index in [1.54, 1.807) is 24.6 Å². The Bertz CT molecular complexity index is 3460. The molecule has 6 aliphatic heterocycles. The van der Waals surface area contributed by atoms with Crippen LogP contribution in [0.5, 0.6) is 11.8 Å². The van der Waals surface area contributed by atoms with E-state index < -0.39 is 29.2 Å². The van der Waals surface area contributed by atoms with E-state index in [1.165, 1.54) is 34.5 Å². The van der Waals surface area contributed by atoms with Crippen LogP contribution in [0.25, 0.3) is 44.0 Å². The molecule has 0 aliphatic carbocycles. The number of β-amino-alcohol motifs (C(OH)–C–C–N with tert-alkyl or cyclic N) is 1. The van der Waals surface area contributed by atoms with E-state index >= 15 is 8.78 Å². The van der Waals surface area contributed by atoms with Crippen molar-refractivity contribution in [1.29, 1.82) is 0 Å². The molecule has 3 aromatic carbocycles. The zero-order chi connectivity index (χ0) is 55.6. The highest BCUT2D eigenvalue weighted by atomic mass is 19.1. The maximum Gasteiger partial charge on any atom is 0.409 e. The average Bonchev–Trinajstić information content (AvgIpc) is 4.06. The van der Waals surface area contributed by atoms with Crippen molar-refractivity contribution >= 4 is 56.4 Å². The number of hydrogen-bond donors (Lipinski definition) is 3. The summed E-state index contributed by atoms with van der Waals surface area (Å²) < 4.78 is 54.1. The minimum absolute atomic E-state index is 0.00769. The summed E-state index contributed by atoms with van der Waals surface area (Å²) in [5.41, 5.74) is 1.19. The van der Waals surface area contributed by atoms with Crippen LogP contribution in [0.3, 0.4) is 0 Å². The Hall–Kier alpha value is -6.81. The van der Waals surface area contributed by atoms with Gasteiger partial charge in [0.2, 0.25) is 11.8 Å². The summed E-state index contributed by atoms with van der Waals surface area (Å²) in [5.74, 6) is -0.967. The molecule has 4 atom stereocenters. The number of imidazole rings is 1. The number of phenolic OH excluding ortho intramolecular Hbond substituents is 1. The molecule has 3 amide bonds. The Labute approximate surface area is 461 Å². The lowest BCUT2D eigenvalue weighted by Crippen LogP contribution is -2.48. The van der Waals surface area contributed by atoms with Crippen molar-refractivity contribution in [3.8, 4) is 23.0 Å². The van der Waals surface area contributed by atoms with Gasteiger partial charge in [-0.3, -0.25) is 33.9 Å². The molecule has 6 aliphatic rings. The Balaban J connectivity index is 0.669. The molecule has 9 heterocycles. The summed E-state index contributed by atoms with van der Waals surface area (Å²) in [7, 11) is 1.73. The van der Waals surface area contributed by atoms with E-state index in [0.29, 0.717) is 72.0 Å². The van der Waals surface area contributed by atoms with Gasteiger partial charge in [0.25, 0.3) is 0 Å². The highest BCUT2D eigenvalue weighted by molar-refractivity contribution is 6.02. The second kappa shape index (κ2) is 21.6. The molecule has 0 saturated carbocycles. The van der Waals surface area contributed by atoms with Crippen molar-refractivity contribution in [2.24, 2.45) is 13.0 Å². The molecular weight excluding hydrogens is 1030 g/mol. The summed E-state index contributed by atoms with van der Waals surface area (Å²) in [6.45, 7) is 9.81. The maximum absolute atomic E-state index is 17.3. The predicted octanol–water partition coefficient (Wildman–Crippen LogP) is 6.71. The zero-order valence-corrected chi connectivity index (χ0v) is 45.7. The van der Waals surface area contributed by atoms with Crippen LogP contribution in [0.4, 0.5) is 19.4 Å². The fourth-order valence-electron chi connectivity index (χ4n) is 14.0. The van der Waals surface area contributed by atoms with Gasteiger partial charge in [-0.25, -0.2) is 18.4 Å². The van der Waals surface area contributed by atoms with Crippen molar-refractivity contribution < 1.29 is 47.6 Å². The first-order valence-corrected chi connectivity index (χ1v) is 28.5. The number of pyridine rings is 1. The number of halogens is 2. The van der Waals surface area contributed by atoms with Gasteiger partial charge in [-0.1, -0.05) is 19.1 Å². The van der Waals surface area contributed by atoms with E-state index in [1.807, 2.05) is 22.8 Å². The molecule has 6 saturated heterocycles. The molecule has 6 aromatic rings. The standard InChI is InChI=1S/C59H70F2N10O9/c1-4-41-44(60)8-6-38-26-40(72)28-42(49(38)41)51-50(61)52-43(29-62-51)53(69-24-25-78-33-58(2,77)32-69)65-55(64-52)80-34-59-17-5-19-70(59)39(12-18-59)31-79-57(76)68-22-13-35(14-23-68)30-67-20-15-36(16-21-67)37-7-9-45-47(27-37)66(3)56(75)71(45)46-10-11-48(73)63-54(46)74/h6-9,26-29,35-36,39,46,72,77H,4-5,10-25,30-34H2,1-3H3,(H,63,73,74)/t39-,46?,58?,59-/m0/s1. The van der Waals surface area contributed by atoms with Crippen molar-refractivity contribution in [2.45, 2.75) is 114 Å². The zero-order valence-electron chi connectivity index (χ0n) is 45.7. The van der Waals surface area contributed by atoms with E-state index in [2.05, 4.69) is 32.2 Å². The smallest absolute Gasteiger partial charge is 0.409 e. The monoisotopic (exact) mass is 1100 g/mol. The summed E-state index contributed by atoms with van der Waals surface area (Å²) in [4.78, 5) is 74.2. The lowest BCUT2D eigenvalue weighted by molar-refractivity contribution is -0.135. The Morgan fingerprint density at radius 1 is 0.938 bits per heavy atom. The van der Waals surface area contributed by atoms with Gasteiger partial charge in [0.1, 0.15) is 53.5 Å². The number of carbonyl (C=O) groups is 3.